The van der Waals surface area contributed by atoms with Gasteiger partial charge in [0.05, 0.1) is 10.0 Å². The summed E-state index contributed by atoms with van der Waals surface area (Å²) in [6.45, 7) is 0.0511. The number of benzene rings is 2. The molecule has 0 aliphatic carbocycles. The Morgan fingerprint density at radius 2 is 1.71 bits per heavy atom. The van der Waals surface area contributed by atoms with Crippen LogP contribution in [0.3, 0.4) is 0 Å². The molecule has 0 unspecified atom stereocenters. The first-order chi connectivity index (χ1) is 13.2. The molecule has 0 spiro atoms. The van der Waals surface area contributed by atoms with E-state index < -0.39 is 32.5 Å². The second-order valence-corrected chi connectivity index (χ2v) is 9.09. The van der Waals surface area contributed by atoms with Gasteiger partial charge in [0.25, 0.3) is 0 Å². The molecule has 0 bridgehead atoms. The number of carbonyl (C=O) groups is 1. The Bertz CT molecular complexity index is 1010. The Kier molecular flexibility index (Phi) is 6.24. The number of anilines is 1. The van der Waals surface area contributed by atoms with Crippen molar-refractivity contribution in [1.29, 1.82) is 0 Å². The number of hydrogen-bond acceptors (Lipinski definition) is 3. The zero-order chi connectivity index (χ0) is 20.5. The van der Waals surface area contributed by atoms with Crippen LogP contribution < -0.4 is 5.32 Å². The monoisotopic (exact) mass is 448 g/mol. The lowest BCUT2D eigenvalue weighted by atomic mass is 9.97. The number of piperidine rings is 1. The number of halogens is 4. The Balaban J connectivity index is 1.65. The highest BCUT2D eigenvalue weighted by atomic mass is 35.5. The average molecular weight is 449 g/mol. The molecular formula is C18H16Cl2F2N2O3S. The van der Waals surface area contributed by atoms with Crippen molar-refractivity contribution in [3.05, 3.63) is 58.1 Å². The molecule has 1 aliphatic rings. The average Bonchev–Trinajstić information content (AvgIpc) is 2.66. The second-order valence-electron chi connectivity index (χ2n) is 6.37. The van der Waals surface area contributed by atoms with E-state index in [1.807, 2.05) is 0 Å². The fourth-order valence-corrected chi connectivity index (χ4v) is 4.83. The lowest BCUT2D eigenvalue weighted by Crippen LogP contribution is -2.41. The van der Waals surface area contributed by atoms with E-state index in [1.165, 1.54) is 6.07 Å². The smallest absolute Gasteiger partial charge is 0.246 e. The SMILES string of the molecule is O=C(Nc1ccc(Cl)c(Cl)c1)C1CCN(S(=O)(=O)c2cc(F)ccc2F)CC1. The molecule has 28 heavy (non-hydrogen) atoms. The molecule has 1 amide bonds. The summed E-state index contributed by atoms with van der Waals surface area (Å²) in [6, 6.07) is 6.98. The van der Waals surface area contributed by atoms with Crippen LogP contribution in [-0.4, -0.2) is 31.7 Å². The highest BCUT2D eigenvalue weighted by Gasteiger charge is 2.33. The molecular weight excluding hydrogens is 433 g/mol. The van der Waals surface area contributed by atoms with Gasteiger partial charge in [0, 0.05) is 24.7 Å². The van der Waals surface area contributed by atoms with Gasteiger partial charge in [0.1, 0.15) is 16.5 Å². The van der Waals surface area contributed by atoms with Crippen LogP contribution in [0.25, 0.3) is 0 Å². The van der Waals surface area contributed by atoms with Gasteiger partial charge in [0.15, 0.2) is 0 Å². The molecule has 1 fully saturated rings. The third-order valence-electron chi connectivity index (χ3n) is 4.52. The third-order valence-corrected chi connectivity index (χ3v) is 7.18. The van der Waals surface area contributed by atoms with Crippen molar-refractivity contribution < 1.29 is 22.0 Å². The van der Waals surface area contributed by atoms with E-state index in [1.54, 1.807) is 12.1 Å². The molecule has 1 aliphatic heterocycles. The summed E-state index contributed by atoms with van der Waals surface area (Å²) in [7, 11) is -4.18. The van der Waals surface area contributed by atoms with E-state index in [0.29, 0.717) is 21.8 Å². The van der Waals surface area contributed by atoms with E-state index in [0.717, 1.165) is 16.4 Å². The van der Waals surface area contributed by atoms with Crippen molar-refractivity contribution >= 4 is 44.8 Å². The maximum atomic E-state index is 13.9. The lowest BCUT2D eigenvalue weighted by Gasteiger charge is -2.30. The normalized spacial score (nSPS) is 16.1. The van der Waals surface area contributed by atoms with E-state index in [4.69, 9.17) is 23.2 Å². The fourth-order valence-electron chi connectivity index (χ4n) is 2.99. The van der Waals surface area contributed by atoms with Crippen LogP contribution in [0.5, 0.6) is 0 Å². The summed E-state index contributed by atoms with van der Waals surface area (Å²) < 4.78 is 53.5. The number of carbonyl (C=O) groups excluding carboxylic acids is 1. The van der Waals surface area contributed by atoms with Gasteiger partial charge in [-0.2, -0.15) is 4.31 Å². The number of nitrogens with one attached hydrogen (secondary N) is 1. The topological polar surface area (TPSA) is 66.5 Å². The molecule has 1 heterocycles. The molecule has 150 valence electrons. The Morgan fingerprint density at radius 3 is 2.36 bits per heavy atom. The highest BCUT2D eigenvalue weighted by molar-refractivity contribution is 7.89. The number of sulfonamides is 1. The van der Waals surface area contributed by atoms with Crippen LogP contribution in [0, 0.1) is 17.6 Å². The van der Waals surface area contributed by atoms with Gasteiger partial charge < -0.3 is 5.32 Å². The van der Waals surface area contributed by atoms with Gasteiger partial charge in [-0.3, -0.25) is 4.79 Å². The maximum absolute atomic E-state index is 13.9. The molecule has 0 aromatic heterocycles. The second kappa shape index (κ2) is 8.32. The van der Waals surface area contributed by atoms with Crippen molar-refractivity contribution in [3.63, 3.8) is 0 Å². The van der Waals surface area contributed by atoms with Crippen molar-refractivity contribution in [1.82, 2.24) is 4.31 Å². The standard InChI is InChI=1S/C18H16Cl2F2N2O3S/c19-14-3-2-13(10-15(14)20)23-18(25)11-5-7-24(8-6-11)28(26,27)17-9-12(21)1-4-16(17)22/h1-4,9-11H,5-8H2,(H,23,25). The summed E-state index contributed by atoms with van der Waals surface area (Å²) in [5.41, 5.74) is 0.483. The minimum Gasteiger partial charge on any atom is -0.326 e. The summed E-state index contributed by atoms with van der Waals surface area (Å²) >= 11 is 11.8. The molecule has 10 heteroatoms. The first-order valence-corrected chi connectivity index (χ1v) is 10.6. The molecule has 0 radical (unpaired) electrons. The quantitative estimate of drug-likeness (QED) is 0.757. The van der Waals surface area contributed by atoms with Gasteiger partial charge in [-0.25, -0.2) is 17.2 Å². The minimum atomic E-state index is -4.18. The lowest BCUT2D eigenvalue weighted by molar-refractivity contribution is -0.120. The van der Waals surface area contributed by atoms with E-state index in [9.17, 15) is 22.0 Å². The summed E-state index contributed by atoms with van der Waals surface area (Å²) in [5, 5.41) is 3.39. The van der Waals surface area contributed by atoms with Crippen molar-refractivity contribution in [2.24, 2.45) is 5.92 Å². The van der Waals surface area contributed by atoms with Gasteiger partial charge in [0.2, 0.25) is 15.9 Å². The first-order valence-electron chi connectivity index (χ1n) is 8.39. The molecule has 3 rings (SSSR count). The summed E-state index contributed by atoms with van der Waals surface area (Å²) in [5.74, 6) is -2.54. The summed E-state index contributed by atoms with van der Waals surface area (Å²) in [6.07, 6.45) is 0.507. The maximum Gasteiger partial charge on any atom is 0.246 e. The zero-order valence-electron chi connectivity index (χ0n) is 14.5. The largest absolute Gasteiger partial charge is 0.326 e. The van der Waals surface area contributed by atoms with Crippen LogP contribution in [-0.2, 0) is 14.8 Å². The zero-order valence-corrected chi connectivity index (χ0v) is 16.8. The van der Waals surface area contributed by atoms with E-state index in [2.05, 4.69) is 5.32 Å². The van der Waals surface area contributed by atoms with Crippen LogP contribution in [0.15, 0.2) is 41.3 Å². The Morgan fingerprint density at radius 1 is 1.04 bits per heavy atom. The van der Waals surface area contributed by atoms with Crippen LogP contribution in [0.1, 0.15) is 12.8 Å². The van der Waals surface area contributed by atoms with Crippen molar-refractivity contribution in [2.45, 2.75) is 17.7 Å². The first kappa shape index (κ1) is 21.0. The van der Waals surface area contributed by atoms with Crippen LogP contribution in [0.2, 0.25) is 10.0 Å². The van der Waals surface area contributed by atoms with E-state index >= 15 is 0 Å². The fraction of sp³-hybridized carbons (Fsp3) is 0.278. The molecule has 2 aromatic rings. The number of amides is 1. The highest BCUT2D eigenvalue weighted by Crippen LogP contribution is 2.28. The van der Waals surface area contributed by atoms with Crippen molar-refractivity contribution in [2.75, 3.05) is 18.4 Å². The molecule has 2 aromatic carbocycles. The Labute approximate surface area is 171 Å². The molecule has 5 nitrogen and oxygen atoms in total. The van der Waals surface area contributed by atoms with Gasteiger partial charge >= 0.3 is 0 Å². The van der Waals surface area contributed by atoms with Gasteiger partial charge in [-0.05, 0) is 49.2 Å². The Hall–Kier alpha value is -1.74. The predicted molar refractivity (Wildman–Crippen MR) is 103 cm³/mol. The predicted octanol–water partition coefficient (Wildman–Crippen LogP) is 4.31. The van der Waals surface area contributed by atoms with E-state index in [-0.39, 0.29) is 31.8 Å². The molecule has 1 N–H and O–H groups in total. The molecule has 0 saturated carbocycles. The van der Waals surface area contributed by atoms with Gasteiger partial charge in [-0.15, -0.1) is 0 Å². The third kappa shape index (κ3) is 4.46. The minimum absolute atomic E-state index is 0.0255. The van der Waals surface area contributed by atoms with Gasteiger partial charge in [-0.1, -0.05) is 23.2 Å². The summed E-state index contributed by atoms with van der Waals surface area (Å²) in [4.78, 5) is 11.7. The molecule has 0 atom stereocenters. The van der Waals surface area contributed by atoms with Crippen LogP contribution >= 0.6 is 23.2 Å². The van der Waals surface area contributed by atoms with Crippen LogP contribution in [0.4, 0.5) is 14.5 Å². The number of nitrogens with zero attached hydrogens (tertiary/aromatic N) is 1. The number of rotatable bonds is 4. The number of hydrogen-bond donors (Lipinski definition) is 1. The molecule has 1 saturated heterocycles. The van der Waals surface area contributed by atoms with Crippen molar-refractivity contribution in [3.8, 4) is 0 Å².